The van der Waals surface area contributed by atoms with E-state index >= 15 is 0 Å². The largest absolute Gasteiger partial charge is 0.271 e. The average Bonchev–Trinajstić information content (AvgIpc) is 2.90. The van der Waals surface area contributed by atoms with Crippen LogP contribution in [0, 0.1) is 5.41 Å². The highest BCUT2D eigenvalue weighted by Gasteiger charge is 2.39. The van der Waals surface area contributed by atoms with Gasteiger partial charge in [-0.3, -0.25) is 11.3 Å². The van der Waals surface area contributed by atoms with Crippen LogP contribution in [-0.2, 0) is 6.42 Å². The highest BCUT2D eigenvalue weighted by Crippen LogP contribution is 2.49. The quantitative estimate of drug-likeness (QED) is 0.614. The van der Waals surface area contributed by atoms with Crippen LogP contribution in [0.25, 0.3) is 0 Å². The Balaban J connectivity index is 2.26. The van der Waals surface area contributed by atoms with Gasteiger partial charge in [0.2, 0.25) is 0 Å². The van der Waals surface area contributed by atoms with E-state index in [1.165, 1.54) is 43.2 Å². The third-order valence-electron chi connectivity index (χ3n) is 4.80. The molecule has 0 spiro atoms. The second kappa shape index (κ2) is 5.85. The fourth-order valence-electron chi connectivity index (χ4n) is 3.50. The molecule has 2 rings (SSSR count). The lowest BCUT2D eigenvalue weighted by Crippen LogP contribution is -2.40. The fourth-order valence-corrected chi connectivity index (χ4v) is 3.50. The maximum absolute atomic E-state index is 5.87. The molecule has 0 aliphatic heterocycles. The predicted octanol–water partition coefficient (Wildman–Crippen LogP) is 3.72. The van der Waals surface area contributed by atoms with Crippen molar-refractivity contribution >= 4 is 0 Å². The van der Waals surface area contributed by atoms with Crippen LogP contribution >= 0.6 is 0 Å². The molecule has 0 bridgehead atoms. The van der Waals surface area contributed by atoms with Crippen LogP contribution in [0.3, 0.4) is 0 Å². The van der Waals surface area contributed by atoms with E-state index in [9.17, 15) is 0 Å². The molecule has 1 aliphatic carbocycles. The van der Waals surface area contributed by atoms with E-state index < -0.39 is 0 Å². The molecule has 0 aromatic heterocycles. The summed E-state index contributed by atoms with van der Waals surface area (Å²) in [4.78, 5) is 0. The van der Waals surface area contributed by atoms with Crippen molar-refractivity contribution in [2.24, 2.45) is 11.3 Å². The number of nitrogens with two attached hydrogens (primary N) is 1. The van der Waals surface area contributed by atoms with Crippen LogP contribution in [0.15, 0.2) is 24.3 Å². The maximum atomic E-state index is 5.87. The second-order valence-corrected chi connectivity index (χ2v) is 5.62. The van der Waals surface area contributed by atoms with Crippen molar-refractivity contribution in [3.63, 3.8) is 0 Å². The van der Waals surface area contributed by atoms with Gasteiger partial charge in [0.15, 0.2) is 0 Å². The van der Waals surface area contributed by atoms with Crippen molar-refractivity contribution in [3.8, 4) is 0 Å². The van der Waals surface area contributed by atoms with E-state index in [2.05, 4.69) is 43.5 Å². The van der Waals surface area contributed by atoms with Crippen molar-refractivity contribution < 1.29 is 0 Å². The number of aryl methyl sites for hydroxylation is 1. The molecule has 2 nitrogen and oxygen atoms in total. The molecule has 100 valence electrons. The van der Waals surface area contributed by atoms with Gasteiger partial charge in [-0.1, -0.05) is 51.0 Å². The van der Waals surface area contributed by atoms with Gasteiger partial charge in [0.1, 0.15) is 0 Å². The molecule has 0 saturated heterocycles. The predicted molar refractivity (Wildman–Crippen MR) is 77.1 cm³/mol. The second-order valence-electron chi connectivity index (χ2n) is 5.62. The molecule has 1 atom stereocenters. The molecule has 0 radical (unpaired) electrons. The van der Waals surface area contributed by atoms with Crippen molar-refractivity contribution in [3.05, 3.63) is 35.4 Å². The van der Waals surface area contributed by atoms with E-state index in [4.69, 9.17) is 5.84 Å². The first-order valence-electron chi connectivity index (χ1n) is 7.30. The summed E-state index contributed by atoms with van der Waals surface area (Å²) >= 11 is 0. The number of hydrogen-bond acceptors (Lipinski definition) is 2. The lowest BCUT2D eigenvalue weighted by atomic mass is 9.73. The Morgan fingerprint density at radius 1 is 1.17 bits per heavy atom. The molecule has 18 heavy (non-hydrogen) atoms. The smallest absolute Gasteiger partial charge is 0.0516 e. The molecule has 3 N–H and O–H groups in total. The third-order valence-corrected chi connectivity index (χ3v) is 4.80. The maximum Gasteiger partial charge on any atom is 0.0516 e. The van der Waals surface area contributed by atoms with Crippen LogP contribution in [0.5, 0.6) is 0 Å². The highest BCUT2D eigenvalue weighted by molar-refractivity contribution is 5.27. The van der Waals surface area contributed by atoms with Gasteiger partial charge in [-0.25, -0.2) is 0 Å². The summed E-state index contributed by atoms with van der Waals surface area (Å²) in [5.41, 5.74) is 6.19. The third kappa shape index (κ3) is 2.45. The number of hydrazine groups is 1. The zero-order chi connectivity index (χ0) is 13.0. The summed E-state index contributed by atoms with van der Waals surface area (Å²) in [6, 6.07) is 9.27. The Hall–Kier alpha value is -0.860. The lowest BCUT2D eigenvalue weighted by Gasteiger charge is -2.37. The van der Waals surface area contributed by atoms with E-state index in [1.807, 2.05) is 0 Å². The molecule has 1 aromatic carbocycles. The van der Waals surface area contributed by atoms with E-state index in [1.54, 1.807) is 0 Å². The molecule has 1 saturated carbocycles. The summed E-state index contributed by atoms with van der Waals surface area (Å²) in [6.45, 7) is 4.49. The van der Waals surface area contributed by atoms with Crippen molar-refractivity contribution in [1.82, 2.24) is 5.43 Å². The molecular weight excluding hydrogens is 220 g/mol. The highest BCUT2D eigenvalue weighted by atomic mass is 15.2. The fraction of sp³-hybridized carbons (Fsp3) is 0.625. The molecule has 2 heteroatoms. The monoisotopic (exact) mass is 246 g/mol. The van der Waals surface area contributed by atoms with Crippen LogP contribution in [0.4, 0.5) is 0 Å². The standard InChI is InChI=1S/C16H26N2/c1-3-13-7-9-14(10-8-13)15(18-17)16(4-2)11-5-6-12-16/h7-10,15,18H,3-6,11-12,17H2,1-2H3. The van der Waals surface area contributed by atoms with Gasteiger partial charge < -0.3 is 0 Å². The Morgan fingerprint density at radius 2 is 1.78 bits per heavy atom. The van der Waals surface area contributed by atoms with Crippen molar-refractivity contribution in [2.45, 2.75) is 58.4 Å². The van der Waals surface area contributed by atoms with E-state index in [0.717, 1.165) is 6.42 Å². The SMILES string of the molecule is CCc1ccc(C(NN)C2(CC)CCCC2)cc1. The Morgan fingerprint density at radius 3 is 2.22 bits per heavy atom. The van der Waals surface area contributed by atoms with Gasteiger partial charge in [-0.15, -0.1) is 0 Å². The van der Waals surface area contributed by atoms with Gasteiger partial charge in [-0.05, 0) is 42.2 Å². The first kappa shape index (κ1) is 13.6. The minimum absolute atomic E-state index is 0.302. The van der Waals surface area contributed by atoms with Gasteiger partial charge in [0.05, 0.1) is 6.04 Å². The molecule has 1 fully saturated rings. The molecule has 0 amide bonds. The van der Waals surface area contributed by atoms with E-state index in [-0.39, 0.29) is 0 Å². The van der Waals surface area contributed by atoms with Crippen LogP contribution in [0.1, 0.15) is 63.1 Å². The minimum Gasteiger partial charge on any atom is -0.271 e. The summed E-state index contributed by atoms with van der Waals surface area (Å²) in [6.07, 6.45) is 7.59. The van der Waals surface area contributed by atoms with Crippen molar-refractivity contribution in [1.29, 1.82) is 0 Å². The Bertz CT molecular complexity index is 363. The van der Waals surface area contributed by atoms with Gasteiger partial charge >= 0.3 is 0 Å². The Labute approximate surface area is 111 Å². The van der Waals surface area contributed by atoms with Crippen LogP contribution in [0.2, 0.25) is 0 Å². The summed E-state index contributed by atoms with van der Waals surface area (Å²) < 4.78 is 0. The number of nitrogens with one attached hydrogen (secondary N) is 1. The average molecular weight is 246 g/mol. The van der Waals surface area contributed by atoms with Gasteiger partial charge in [0, 0.05) is 0 Å². The first-order chi connectivity index (χ1) is 8.75. The summed E-state index contributed by atoms with van der Waals surface area (Å²) in [5, 5.41) is 0. The summed E-state index contributed by atoms with van der Waals surface area (Å²) in [5.74, 6) is 5.87. The van der Waals surface area contributed by atoms with Crippen LogP contribution < -0.4 is 11.3 Å². The van der Waals surface area contributed by atoms with Gasteiger partial charge in [-0.2, -0.15) is 0 Å². The topological polar surface area (TPSA) is 38.0 Å². The zero-order valence-electron chi connectivity index (χ0n) is 11.7. The van der Waals surface area contributed by atoms with Crippen LogP contribution in [-0.4, -0.2) is 0 Å². The summed E-state index contributed by atoms with van der Waals surface area (Å²) in [7, 11) is 0. The van der Waals surface area contributed by atoms with Crippen molar-refractivity contribution in [2.75, 3.05) is 0 Å². The Kier molecular flexibility index (Phi) is 4.41. The molecular formula is C16H26N2. The number of rotatable bonds is 5. The first-order valence-corrected chi connectivity index (χ1v) is 7.30. The normalized spacial score (nSPS) is 19.9. The zero-order valence-corrected chi connectivity index (χ0v) is 11.7. The number of benzene rings is 1. The number of hydrogen-bond donors (Lipinski definition) is 2. The minimum atomic E-state index is 0.302. The molecule has 1 unspecified atom stereocenters. The van der Waals surface area contributed by atoms with E-state index in [0.29, 0.717) is 11.5 Å². The molecule has 0 heterocycles. The molecule has 1 aliphatic rings. The van der Waals surface area contributed by atoms with Gasteiger partial charge in [0.25, 0.3) is 0 Å². The lowest BCUT2D eigenvalue weighted by molar-refractivity contribution is 0.188. The molecule has 1 aromatic rings.